The third-order valence-corrected chi connectivity index (χ3v) is 8.47. The van der Waals surface area contributed by atoms with Gasteiger partial charge < -0.3 is 5.73 Å². The lowest BCUT2D eigenvalue weighted by Crippen LogP contribution is -2.10. The average Bonchev–Trinajstić information content (AvgIpc) is 3.02. The van der Waals surface area contributed by atoms with Crippen molar-refractivity contribution in [2.75, 3.05) is 0 Å². The van der Waals surface area contributed by atoms with Crippen LogP contribution in [-0.4, -0.2) is 0 Å². The molecule has 0 aromatic heterocycles. The van der Waals surface area contributed by atoms with Gasteiger partial charge in [-0.05, 0) is 102 Å². The van der Waals surface area contributed by atoms with Gasteiger partial charge in [-0.25, -0.2) is 0 Å². The number of nitrogens with two attached hydrogens (primary N) is 1. The van der Waals surface area contributed by atoms with Crippen molar-refractivity contribution in [2.45, 2.75) is 39.5 Å². The maximum absolute atomic E-state index is 6.35. The molecule has 1 heteroatoms. The van der Waals surface area contributed by atoms with Crippen LogP contribution in [0.5, 0.6) is 0 Å². The Kier molecular flexibility index (Phi) is 7.50. The van der Waals surface area contributed by atoms with E-state index in [4.69, 9.17) is 5.73 Å². The van der Waals surface area contributed by atoms with Crippen LogP contribution in [0, 0.1) is 0 Å². The second-order valence-electron chi connectivity index (χ2n) is 12.4. The quantitative estimate of drug-likeness (QED) is 0.153. The van der Waals surface area contributed by atoms with Crippen LogP contribution in [0.4, 0.5) is 0 Å². The van der Waals surface area contributed by atoms with Crippen molar-refractivity contribution in [3.63, 3.8) is 0 Å². The topological polar surface area (TPSA) is 26.0 Å². The first-order chi connectivity index (χ1) is 20.8. The summed E-state index contributed by atoms with van der Waals surface area (Å²) >= 11 is 0. The highest BCUT2D eigenvalue weighted by Crippen LogP contribution is 2.45. The van der Waals surface area contributed by atoms with Gasteiger partial charge in [0.05, 0.1) is 0 Å². The molecule has 0 saturated carbocycles. The first-order valence-electron chi connectivity index (χ1n) is 15.1. The van der Waals surface area contributed by atoms with Crippen molar-refractivity contribution >= 4 is 38.0 Å². The van der Waals surface area contributed by atoms with Gasteiger partial charge in [0.1, 0.15) is 0 Å². The molecule has 6 rings (SSSR count). The Hall–Kier alpha value is -4.88. The molecule has 0 spiro atoms. The monoisotopic (exact) mass is 557 g/mol. The van der Waals surface area contributed by atoms with Crippen LogP contribution in [0.25, 0.3) is 60.3 Å². The lowest BCUT2D eigenvalue weighted by atomic mass is 9.81. The number of hydrogen-bond donors (Lipinski definition) is 1. The van der Waals surface area contributed by atoms with Crippen LogP contribution in [0.1, 0.15) is 44.4 Å². The molecule has 0 aliphatic heterocycles. The van der Waals surface area contributed by atoms with Gasteiger partial charge in [-0.3, -0.25) is 0 Å². The zero-order valence-corrected chi connectivity index (χ0v) is 25.6. The summed E-state index contributed by atoms with van der Waals surface area (Å²) in [4.78, 5) is 0. The molecule has 2 N–H and O–H groups in total. The van der Waals surface area contributed by atoms with Gasteiger partial charge in [-0.1, -0.05) is 143 Å². The van der Waals surface area contributed by atoms with Crippen molar-refractivity contribution in [3.8, 4) is 22.3 Å². The van der Waals surface area contributed by atoms with E-state index in [1.54, 1.807) is 0 Å². The largest absolute Gasteiger partial charge is 0.398 e. The molecular formula is C42H39N. The molecule has 0 atom stereocenters. The van der Waals surface area contributed by atoms with E-state index < -0.39 is 0 Å². The Bertz CT molecular complexity index is 2010. The molecule has 43 heavy (non-hydrogen) atoms. The standard InChI is InChI=1S/C42H39N/c1-6-8-10-11-28-13-15-29(16-14-28)37-27-38(30-17-19-31(20-18-30)39(43)12-9-7-2)36-24-22-33-26-34(42(3,4)5)25-32-21-23-35(37)41(36)40(32)33/h6-10,12-27H,1,11,43H2,2-5H3/b9-7-,10-8-,39-12-. The molecule has 0 radical (unpaired) electrons. The molecule has 0 heterocycles. The molecule has 0 aliphatic rings. The Morgan fingerprint density at radius 3 is 1.84 bits per heavy atom. The minimum absolute atomic E-state index is 0.0777. The second kappa shape index (κ2) is 11.4. The highest BCUT2D eigenvalue weighted by atomic mass is 14.6. The fraction of sp³-hybridized carbons (Fsp3) is 0.143. The summed E-state index contributed by atoms with van der Waals surface area (Å²) in [5, 5.41) is 7.83. The molecule has 1 nitrogen and oxygen atoms in total. The summed E-state index contributed by atoms with van der Waals surface area (Å²) in [6.07, 6.45) is 12.8. The summed E-state index contributed by atoms with van der Waals surface area (Å²) in [5.74, 6) is 0. The lowest BCUT2D eigenvalue weighted by molar-refractivity contribution is 0.591. The normalized spacial score (nSPS) is 12.9. The zero-order chi connectivity index (χ0) is 30.1. The van der Waals surface area contributed by atoms with Gasteiger partial charge in [0.25, 0.3) is 0 Å². The SMILES string of the molecule is C=C/C=C\Cc1ccc(-c2cc(-c3ccc(/C(N)=C/C=C\C)cc3)c3ccc4cc(C(C)(C)C)cc5ccc2c3c54)cc1. The van der Waals surface area contributed by atoms with Crippen molar-refractivity contribution in [3.05, 3.63) is 151 Å². The van der Waals surface area contributed by atoms with Crippen LogP contribution >= 0.6 is 0 Å². The third kappa shape index (κ3) is 5.40. The van der Waals surface area contributed by atoms with E-state index in [0.717, 1.165) is 17.7 Å². The van der Waals surface area contributed by atoms with Crippen molar-refractivity contribution in [1.82, 2.24) is 0 Å². The van der Waals surface area contributed by atoms with Gasteiger partial charge in [0, 0.05) is 5.70 Å². The van der Waals surface area contributed by atoms with Crippen molar-refractivity contribution in [1.29, 1.82) is 0 Å². The molecule has 212 valence electrons. The van der Waals surface area contributed by atoms with E-state index in [1.165, 1.54) is 65.7 Å². The fourth-order valence-corrected chi connectivity index (χ4v) is 6.09. The van der Waals surface area contributed by atoms with Gasteiger partial charge in [-0.2, -0.15) is 0 Å². The first kappa shape index (κ1) is 28.2. The van der Waals surface area contributed by atoms with Gasteiger partial charge >= 0.3 is 0 Å². The molecule has 0 unspecified atom stereocenters. The average molecular weight is 558 g/mol. The second-order valence-corrected chi connectivity index (χ2v) is 12.4. The van der Waals surface area contributed by atoms with Crippen LogP contribution < -0.4 is 5.73 Å². The van der Waals surface area contributed by atoms with Crippen LogP contribution in [0.15, 0.2) is 134 Å². The molecule has 6 aromatic rings. The minimum Gasteiger partial charge on any atom is -0.398 e. The maximum atomic E-state index is 6.35. The molecule has 6 aromatic carbocycles. The number of benzene rings is 6. The zero-order valence-electron chi connectivity index (χ0n) is 25.6. The lowest BCUT2D eigenvalue weighted by Gasteiger charge is -2.23. The van der Waals surface area contributed by atoms with Crippen LogP contribution in [-0.2, 0) is 11.8 Å². The molecule has 0 bridgehead atoms. The van der Waals surface area contributed by atoms with Crippen molar-refractivity contribution < 1.29 is 0 Å². The summed E-state index contributed by atoms with van der Waals surface area (Å²) in [7, 11) is 0. The Balaban J connectivity index is 1.60. The number of rotatable bonds is 7. The fourth-order valence-electron chi connectivity index (χ4n) is 6.09. The van der Waals surface area contributed by atoms with E-state index >= 15 is 0 Å². The van der Waals surface area contributed by atoms with Gasteiger partial charge in [0.15, 0.2) is 0 Å². The maximum Gasteiger partial charge on any atom is 0.0387 e. The summed E-state index contributed by atoms with van der Waals surface area (Å²) in [5.41, 5.74) is 15.8. The molecule has 0 amide bonds. The van der Waals surface area contributed by atoms with E-state index in [9.17, 15) is 0 Å². The van der Waals surface area contributed by atoms with E-state index in [0.29, 0.717) is 0 Å². The highest BCUT2D eigenvalue weighted by molar-refractivity contribution is 6.28. The Morgan fingerprint density at radius 1 is 0.721 bits per heavy atom. The van der Waals surface area contributed by atoms with Crippen molar-refractivity contribution in [2.24, 2.45) is 5.73 Å². The van der Waals surface area contributed by atoms with E-state index in [1.807, 2.05) is 37.3 Å². The van der Waals surface area contributed by atoms with E-state index in [2.05, 4.69) is 124 Å². The minimum atomic E-state index is 0.0777. The summed E-state index contributed by atoms with van der Waals surface area (Å²) in [6.45, 7) is 12.6. The summed E-state index contributed by atoms with van der Waals surface area (Å²) in [6, 6.07) is 34.1. The van der Waals surface area contributed by atoms with Gasteiger partial charge in [-0.15, -0.1) is 0 Å². The number of allylic oxidation sites excluding steroid dienone is 6. The van der Waals surface area contributed by atoms with E-state index in [-0.39, 0.29) is 5.41 Å². The van der Waals surface area contributed by atoms with Crippen LogP contribution in [0.3, 0.4) is 0 Å². The third-order valence-electron chi connectivity index (χ3n) is 8.47. The Labute approximate surface area is 255 Å². The molecular weight excluding hydrogens is 518 g/mol. The molecule has 0 fully saturated rings. The number of hydrogen-bond acceptors (Lipinski definition) is 1. The molecule has 0 saturated heterocycles. The van der Waals surface area contributed by atoms with Crippen LogP contribution in [0.2, 0.25) is 0 Å². The summed E-state index contributed by atoms with van der Waals surface area (Å²) < 4.78 is 0. The predicted octanol–water partition coefficient (Wildman–Crippen LogP) is 11.4. The van der Waals surface area contributed by atoms with Gasteiger partial charge in [0.2, 0.25) is 0 Å². The Morgan fingerprint density at radius 2 is 1.30 bits per heavy atom. The molecule has 0 aliphatic carbocycles. The smallest absolute Gasteiger partial charge is 0.0387 e. The highest BCUT2D eigenvalue weighted by Gasteiger charge is 2.20. The first-order valence-corrected chi connectivity index (χ1v) is 15.1. The predicted molar refractivity (Wildman–Crippen MR) is 190 cm³/mol.